The minimum absolute atomic E-state index is 0.0125. The van der Waals surface area contributed by atoms with E-state index in [1.165, 1.54) is 18.2 Å². The highest BCUT2D eigenvalue weighted by atomic mass is 32.2. The summed E-state index contributed by atoms with van der Waals surface area (Å²) in [6.45, 7) is 2.10. The topological polar surface area (TPSA) is 145 Å². The lowest BCUT2D eigenvalue weighted by atomic mass is 9.99. The molecule has 1 saturated carbocycles. The smallest absolute Gasteiger partial charge is 0.267 e. The molecule has 2 aliphatic rings. The standard InChI is InChI=1S/C33H36N4O6S/c1-21(23-11-7-4-8-12-23)35-32(40)25-16-24(30-19-31(39)37(2)44(30,42)43)17-26(18-25)33(41)36-28(15-22-9-5-3-6-10-22)29(38)20-34-27-13-14-27/h3-12,16-19,21,27-29,34,38H,13-15,20H2,1-2H3,(H,35,40)(H,36,41)/t21-,28+,29-/m1/s1. The van der Waals surface area contributed by atoms with Crippen LogP contribution in [0.1, 0.15) is 63.2 Å². The van der Waals surface area contributed by atoms with Crippen molar-refractivity contribution in [3.05, 3.63) is 113 Å². The van der Waals surface area contributed by atoms with Crippen LogP contribution in [0.4, 0.5) is 0 Å². The van der Waals surface area contributed by atoms with Gasteiger partial charge in [-0.05, 0) is 61.1 Å². The van der Waals surface area contributed by atoms with E-state index in [2.05, 4.69) is 16.0 Å². The van der Waals surface area contributed by atoms with Crippen molar-refractivity contribution in [1.29, 1.82) is 0 Å². The number of hydrogen-bond acceptors (Lipinski definition) is 7. The Kier molecular flexibility index (Phi) is 9.28. The van der Waals surface area contributed by atoms with Gasteiger partial charge >= 0.3 is 0 Å². The van der Waals surface area contributed by atoms with Crippen LogP contribution < -0.4 is 16.0 Å². The van der Waals surface area contributed by atoms with Gasteiger partial charge in [-0.15, -0.1) is 0 Å². The molecule has 5 rings (SSSR count). The zero-order valence-electron chi connectivity index (χ0n) is 24.6. The van der Waals surface area contributed by atoms with Gasteiger partial charge in [0.2, 0.25) is 0 Å². The van der Waals surface area contributed by atoms with Gasteiger partial charge in [0.15, 0.2) is 0 Å². The van der Waals surface area contributed by atoms with Crippen molar-refractivity contribution in [3.63, 3.8) is 0 Å². The molecule has 1 aliphatic carbocycles. The first-order chi connectivity index (χ1) is 21.0. The molecule has 10 nitrogen and oxygen atoms in total. The van der Waals surface area contributed by atoms with Gasteiger partial charge in [0.25, 0.3) is 27.7 Å². The average Bonchev–Trinajstić information content (AvgIpc) is 3.83. The molecule has 3 aromatic carbocycles. The number of carbonyl (C=O) groups is 3. The molecular weight excluding hydrogens is 580 g/mol. The van der Waals surface area contributed by atoms with Gasteiger partial charge in [-0.2, -0.15) is 0 Å². The molecular formula is C33H36N4O6S. The number of nitrogens with one attached hydrogen (secondary N) is 3. The van der Waals surface area contributed by atoms with Crippen molar-refractivity contribution in [2.75, 3.05) is 13.6 Å². The first-order valence-corrected chi connectivity index (χ1v) is 16.0. The Morgan fingerprint density at radius 3 is 2.09 bits per heavy atom. The number of aliphatic hydroxyl groups excluding tert-OH is 1. The fourth-order valence-corrected chi connectivity index (χ4v) is 6.28. The number of aliphatic hydroxyl groups is 1. The van der Waals surface area contributed by atoms with E-state index in [0.717, 1.165) is 37.1 Å². The second-order valence-electron chi connectivity index (χ2n) is 11.2. The molecule has 3 amide bonds. The van der Waals surface area contributed by atoms with Crippen LogP contribution >= 0.6 is 0 Å². The van der Waals surface area contributed by atoms with E-state index in [1.54, 1.807) is 0 Å². The van der Waals surface area contributed by atoms with E-state index in [4.69, 9.17) is 0 Å². The third-order valence-corrected chi connectivity index (χ3v) is 9.68. The largest absolute Gasteiger partial charge is 0.390 e. The summed E-state index contributed by atoms with van der Waals surface area (Å²) in [6, 6.07) is 22.1. The van der Waals surface area contributed by atoms with Crippen molar-refractivity contribution in [1.82, 2.24) is 20.3 Å². The maximum atomic E-state index is 13.8. The molecule has 0 aromatic heterocycles. The zero-order valence-corrected chi connectivity index (χ0v) is 25.4. The van der Waals surface area contributed by atoms with Gasteiger partial charge in [0.05, 0.1) is 18.2 Å². The van der Waals surface area contributed by atoms with Gasteiger partial charge in [-0.25, -0.2) is 12.7 Å². The van der Waals surface area contributed by atoms with E-state index in [-0.39, 0.29) is 34.2 Å². The van der Waals surface area contributed by atoms with Crippen molar-refractivity contribution < 1.29 is 27.9 Å². The number of benzene rings is 3. The number of hydrogen-bond donors (Lipinski definition) is 4. The lowest BCUT2D eigenvalue weighted by molar-refractivity contribution is -0.120. The van der Waals surface area contributed by atoms with E-state index in [9.17, 15) is 27.9 Å². The van der Waals surface area contributed by atoms with Crippen molar-refractivity contribution in [2.45, 2.75) is 50.4 Å². The van der Waals surface area contributed by atoms with Crippen molar-refractivity contribution in [2.24, 2.45) is 0 Å². The summed E-state index contributed by atoms with van der Waals surface area (Å²) in [5, 5.41) is 20.2. The SMILES string of the molecule is C[C@@H](NC(=O)c1cc(C(=O)N[C@@H](Cc2ccccc2)[C@H](O)CNC2CC2)cc(C2=CC(=O)N(C)S2(=O)=O)c1)c1ccccc1. The molecule has 230 valence electrons. The molecule has 11 heteroatoms. The van der Waals surface area contributed by atoms with Crippen LogP contribution in [0.5, 0.6) is 0 Å². The average molecular weight is 617 g/mol. The first kappa shape index (κ1) is 31.1. The fraction of sp³-hybridized carbons (Fsp3) is 0.303. The Balaban J connectivity index is 1.46. The van der Waals surface area contributed by atoms with Gasteiger partial charge in [0, 0.05) is 36.8 Å². The van der Waals surface area contributed by atoms with E-state index in [1.807, 2.05) is 67.6 Å². The summed E-state index contributed by atoms with van der Waals surface area (Å²) in [7, 11) is -3.02. The van der Waals surface area contributed by atoms with Crippen molar-refractivity contribution >= 4 is 32.6 Å². The highest BCUT2D eigenvalue weighted by molar-refractivity contribution is 7.99. The molecule has 3 atom stereocenters. The Hall–Kier alpha value is -4.32. The molecule has 0 saturated heterocycles. The van der Waals surface area contributed by atoms with Crippen LogP contribution in [0.3, 0.4) is 0 Å². The molecule has 4 N–H and O–H groups in total. The van der Waals surface area contributed by atoms with Gasteiger partial charge in [-0.3, -0.25) is 14.4 Å². The predicted octanol–water partition coefficient (Wildman–Crippen LogP) is 2.77. The van der Waals surface area contributed by atoms with E-state index >= 15 is 0 Å². The Morgan fingerprint density at radius 1 is 0.932 bits per heavy atom. The number of nitrogens with zero attached hydrogens (tertiary/aromatic N) is 1. The molecule has 0 radical (unpaired) electrons. The minimum atomic E-state index is -4.17. The normalized spacial score (nSPS) is 17.8. The van der Waals surface area contributed by atoms with Crippen LogP contribution in [0.2, 0.25) is 0 Å². The Morgan fingerprint density at radius 2 is 1.52 bits per heavy atom. The summed E-state index contributed by atoms with van der Waals surface area (Å²) in [6.07, 6.45) is 2.49. The summed E-state index contributed by atoms with van der Waals surface area (Å²) in [5.74, 6) is -1.85. The summed E-state index contributed by atoms with van der Waals surface area (Å²) >= 11 is 0. The predicted molar refractivity (Wildman–Crippen MR) is 167 cm³/mol. The third-order valence-electron chi connectivity index (χ3n) is 7.86. The third kappa shape index (κ3) is 7.24. The maximum absolute atomic E-state index is 13.8. The molecule has 0 bridgehead atoms. The van der Waals surface area contributed by atoms with Crippen molar-refractivity contribution in [3.8, 4) is 0 Å². The fourth-order valence-electron chi connectivity index (χ4n) is 5.03. The number of sulfonamides is 1. The maximum Gasteiger partial charge on any atom is 0.267 e. The second-order valence-corrected chi connectivity index (χ2v) is 13.2. The quantitative estimate of drug-likeness (QED) is 0.245. The van der Waals surface area contributed by atoms with Crippen LogP contribution in [0, 0.1) is 0 Å². The number of rotatable bonds is 12. The highest BCUT2D eigenvalue weighted by Crippen LogP contribution is 2.31. The molecule has 44 heavy (non-hydrogen) atoms. The highest BCUT2D eigenvalue weighted by Gasteiger charge is 2.36. The van der Waals surface area contributed by atoms with Gasteiger partial charge in [0.1, 0.15) is 4.91 Å². The van der Waals surface area contributed by atoms with Crippen LogP contribution in [-0.2, 0) is 21.2 Å². The molecule has 1 aliphatic heterocycles. The Bertz CT molecular complexity index is 1670. The second kappa shape index (κ2) is 13.1. The summed E-state index contributed by atoms with van der Waals surface area (Å²) < 4.78 is 26.7. The zero-order chi connectivity index (χ0) is 31.4. The lowest BCUT2D eigenvalue weighted by Crippen LogP contribution is -2.49. The number of amides is 3. The monoisotopic (exact) mass is 616 g/mol. The van der Waals surface area contributed by atoms with Gasteiger partial charge in [-0.1, -0.05) is 60.7 Å². The summed E-state index contributed by atoms with van der Waals surface area (Å²) in [5.41, 5.74) is 1.86. The lowest BCUT2D eigenvalue weighted by Gasteiger charge is -2.25. The summed E-state index contributed by atoms with van der Waals surface area (Å²) in [4.78, 5) is 39.2. The molecule has 0 spiro atoms. The first-order valence-electron chi connectivity index (χ1n) is 14.5. The van der Waals surface area contributed by atoms with Crippen LogP contribution in [0.15, 0.2) is 84.9 Å². The minimum Gasteiger partial charge on any atom is -0.390 e. The van der Waals surface area contributed by atoms with Crippen LogP contribution in [-0.4, -0.2) is 67.3 Å². The number of likely N-dealkylation sites (N-methyl/N-ethyl adjacent to an activating group) is 1. The van der Waals surface area contributed by atoms with Crippen LogP contribution in [0.25, 0.3) is 4.91 Å². The molecule has 1 fully saturated rings. The van der Waals surface area contributed by atoms with E-state index in [0.29, 0.717) is 16.8 Å². The van der Waals surface area contributed by atoms with Gasteiger partial charge < -0.3 is 21.1 Å². The molecule has 1 heterocycles. The molecule has 0 unspecified atom stereocenters. The van der Waals surface area contributed by atoms with E-state index < -0.39 is 39.9 Å². The Labute approximate surface area is 257 Å². The number of carbonyl (C=O) groups excluding carboxylic acids is 3. The molecule has 3 aromatic rings.